The molecule has 116 valence electrons. The second kappa shape index (κ2) is 6.77. The molecule has 0 spiro atoms. The smallest absolute Gasteiger partial charge is 0.352 e. The molecule has 0 saturated heterocycles. The van der Waals surface area contributed by atoms with E-state index >= 15 is 0 Å². The average molecular weight is 303 g/mol. The number of aromatic carboxylic acids is 1. The van der Waals surface area contributed by atoms with Crippen LogP contribution >= 0.6 is 0 Å². The lowest BCUT2D eigenvalue weighted by Crippen LogP contribution is -2.25. The summed E-state index contributed by atoms with van der Waals surface area (Å²) >= 11 is 0. The maximum absolute atomic E-state index is 11.0. The van der Waals surface area contributed by atoms with Crippen molar-refractivity contribution < 1.29 is 19.4 Å². The summed E-state index contributed by atoms with van der Waals surface area (Å²) in [4.78, 5) is 21.2. The number of amides is 1. The Morgan fingerprint density at radius 2 is 2.23 bits per heavy atom. The third kappa shape index (κ3) is 3.64. The number of carbonyl (C=O) groups is 2. The van der Waals surface area contributed by atoms with E-state index in [1.165, 1.54) is 0 Å². The zero-order valence-corrected chi connectivity index (χ0v) is 12.1. The number of hydrogen-bond acceptors (Lipinski definition) is 4. The highest BCUT2D eigenvalue weighted by molar-refractivity contribution is 5.95. The Balaban J connectivity index is 0.000000172. The Bertz CT molecular complexity index is 694. The molecule has 0 radical (unpaired) electrons. The first-order chi connectivity index (χ1) is 10.5. The predicted molar refractivity (Wildman–Crippen MR) is 80.8 cm³/mol. The molecule has 0 saturated carbocycles. The van der Waals surface area contributed by atoms with Gasteiger partial charge < -0.3 is 25.5 Å². The third-order valence-corrected chi connectivity index (χ3v) is 3.08. The minimum atomic E-state index is -0.887. The number of carboxylic acid groups (broad SMARTS) is 1. The molecule has 4 N–H and O–H groups in total. The normalized spacial score (nSPS) is 12.4. The van der Waals surface area contributed by atoms with Gasteiger partial charge >= 0.3 is 5.97 Å². The van der Waals surface area contributed by atoms with Crippen molar-refractivity contribution in [3.63, 3.8) is 0 Å². The molecule has 7 nitrogen and oxygen atoms in total. The fourth-order valence-electron chi connectivity index (χ4n) is 1.94. The van der Waals surface area contributed by atoms with Crippen molar-refractivity contribution in [2.24, 2.45) is 12.8 Å². The van der Waals surface area contributed by atoms with E-state index in [0.717, 1.165) is 5.56 Å². The lowest BCUT2D eigenvalue weighted by Gasteiger charge is -2.18. The predicted octanol–water partition coefficient (Wildman–Crippen LogP) is 1.20. The minimum Gasteiger partial charge on any atom is -0.482 e. The minimum absolute atomic E-state index is 0.0922. The zero-order valence-electron chi connectivity index (χ0n) is 12.1. The number of fused-ring (bicyclic) bond motifs is 1. The number of rotatable bonds is 2. The number of nitrogens with two attached hydrogens (primary N) is 1. The van der Waals surface area contributed by atoms with Crippen LogP contribution in [0, 0.1) is 0 Å². The maximum atomic E-state index is 11.0. The van der Waals surface area contributed by atoms with Crippen LogP contribution in [-0.4, -0.2) is 28.2 Å². The van der Waals surface area contributed by atoms with E-state index in [0.29, 0.717) is 23.7 Å². The SMILES string of the molecule is Cn1cccc1C(=O)O.NCc1ccc2c(c1)NC(=O)CO2. The molecule has 2 heterocycles. The summed E-state index contributed by atoms with van der Waals surface area (Å²) in [5.41, 5.74) is 7.46. The zero-order chi connectivity index (χ0) is 16.1. The quantitative estimate of drug-likeness (QED) is 0.773. The molecule has 3 rings (SSSR count). The van der Waals surface area contributed by atoms with Gasteiger partial charge in [0.1, 0.15) is 11.4 Å². The molecule has 1 amide bonds. The molecule has 0 unspecified atom stereocenters. The van der Waals surface area contributed by atoms with Gasteiger partial charge in [-0.3, -0.25) is 4.79 Å². The van der Waals surface area contributed by atoms with Crippen molar-refractivity contribution in [3.8, 4) is 5.75 Å². The molecule has 1 aromatic heterocycles. The van der Waals surface area contributed by atoms with Gasteiger partial charge in [0.25, 0.3) is 5.91 Å². The van der Waals surface area contributed by atoms with Crippen LogP contribution in [0.1, 0.15) is 16.1 Å². The second-order valence-electron chi connectivity index (χ2n) is 4.68. The first-order valence-electron chi connectivity index (χ1n) is 6.61. The van der Waals surface area contributed by atoms with Crippen LogP contribution in [0.5, 0.6) is 5.75 Å². The van der Waals surface area contributed by atoms with Gasteiger partial charge in [-0.05, 0) is 29.8 Å². The van der Waals surface area contributed by atoms with E-state index in [9.17, 15) is 9.59 Å². The first kappa shape index (κ1) is 15.6. The van der Waals surface area contributed by atoms with Crippen LogP contribution in [0.3, 0.4) is 0 Å². The number of nitrogens with zero attached hydrogens (tertiary/aromatic N) is 1. The van der Waals surface area contributed by atoms with Gasteiger partial charge in [0.05, 0.1) is 5.69 Å². The summed E-state index contributed by atoms with van der Waals surface area (Å²) in [7, 11) is 1.70. The summed E-state index contributed by atoms with van der Waals surface area (Å²) in [6.07, 6.45) is 1.70. The van der Waals surface area contributed by atoms with Crippen LogP contribution in [-0.2, 0) is 18.4 Å². The van der Waals surface area contributed by atoms with E-state index in [2.05, 4.69) is 5.32 Å². The number of ether oxygens (including phenoxy) is 1. The van der Waals surface area contributed by atoms with Crippen molar-refractivity contribution in [1.29, 1.82) is 0 Å². The van der Waals surface area contributed by atoms with Gasteiger partial charge in [0.2, 0.25) is 0 Å². The standard InChI is InChI=1S/C9H10N2O2.C6H7NO2/c10-4-6-1-2-8-7(3-6)11-9(12)5-13-8;1-7-4-2-3-5(7)6(8)9/h1-3H,4-5,10H2,(H,11,12);2-4H,1H3,(H,8,9). The molecule has 7 heteroatoms. The highest BCUT2D eigenvalue weighted by Crippen LogP contribution is 2.28. The molecule has 1 aromatic carbocycles. The molecule has 22 heavy (non-hydrogen) atoms. The van der Waals surface area contributed by atoms with Gasteiger partial charge in [-0.2, -0.15) is 0 Å². The Hall–Kier alpha value is -2.80. The molecule has 0 atom stereocenters. The molecule has 2 aromatic rings. The fraction of sp³-hybridized carbons (Fsp3) is 0.200. The Labute approximate surface area is 127 Å². The summed E-state index contributed by atoms with van der Waals surface area (Å²) in [6.45, 7) is 0.554. The van der Waals surface area contributed by atoms with Crippen LogP contribution in [0.2, 0.25) is 0 Å². The lowest BCUT2D eigenvalue weighted by molar-refractivity contribution is -0.118. The number of carboxylic acids is 1. The molecular weight excluding hydrogens is 286 g/mol. The van der Waals surface area contributed by atoms with E-state index in [-0.39, 0.29) is 12.5 Å². The van der Waals surface area contributed by atoms with Gasteiger partial charge in [-0.15, -0.1) is 0 Å². The number of nitrogens with one attached hydrogen (secondary N) is 1. The Morgan fingerprint density at radius 1 is 1.45 bits per heavy atom. The van der Waals surface area contributed by atoms with Crippen molar-refractivity contribution in [3.05, 3.63) is 47.8 Å². The van der Waals surface area contributed by atoms with E-state index in [1.807, 2.05) is 18.2 Å². The molecule has 1 aliphatic rings. The van der Waals surface area contributed by atoms with Gasteiger partial charge in [-0.25, -0.2) is 4.79 Å². The number of anilines is 1. The number of hydrogen-bond donors (Lipinski definition) is 3. The number of benzene rings is 1. The molecule has 0 aliphatic carbocycles. The first-order valence-corrected chi connectivity index (χ1v) is 6.61. The summed E-state index contributed by atoms with van der Waals surface area (Å²) in [6, 6.07) is 8.78. The Morgan fingerprint density at radius 3 is 2.77 bits per heavy atom. The molecule has 0 fully saturated rings. The van der Waals surface area contributed by atoms with Gasteiger partial charge in [0.15, 0.2) is 6.61 Å². The number of carbonyl (C=O) groups excluding carboxylic acids is 1. The number of aryl methyl sites for hydroxylation is 1. The van der Waals surface area contributed by atoms with E-state index in [4.69, 9.17) is 15.6 Å². The summed E-state index contributed by atoms with van der Waals surface area (Å²) < 4.78 is 6.74. The monoisotopic (exact) mass is 303 g/mol. The Kier molecular flexibility index (Phi) is 4.80. The molecular formula is C15H17N3O4. The topological polar surface area (TPSA) is 107 Å². The average Bonchev–Trinajstić information content (AvgIpc) is 2.93. The second-order valence-corrected chi connectivity index (χ2v) is 4.68. The van der Waals surface area contributed by atoms with Crippen molar-refractivity contribution in [2.45, 2.75) is 6.54 Å². The maximum Gasteiger partial charge on any atom is 0.352 e. The van der Waals surface area contributed by atoms with Crippen LogP contribution < -0.4 is 15.8 Å². The number of aromatic nitrogens is 1. The third-order valence-electron chi connectivity index (χ3n) is 3.08. The lowest BCUT2D eigenvalue weighted by atomic mass is 10.1. The van der Waals surface area contributed by atoms with Crippen LogP contribution in [0.4, 0.5) is 5.69 Å². The van der Waals surface area contributed by atoms with E-state index < -0.39 is 5.97 Å². The largest absolute Gasteiger partial charge is 0.482 e. The highest BCUT2D eigenvalue weighted by Gasteiger charge is 2.15. The van der Waals surface area contributed by atoms with Crippen molar-refractivity contribution >= 4 is 17.6 Å². The van der Waals surface area contributed by atoms with Crippen LogP contribution in [0.25, 0.3) is 0 Å². The fourth-order valence-corrected chi connectivity index (χ4v) is 1.94. The summed E-state index contributed by atoms with van der Waals surface area (Å²) in [5, 5.41) is 11.1. The van der Waals surface area contributed by atoms with Gasteiger partial charge in [-0.1, -0.05) is 6.07 Å². The summed E-state index contributed by atoms with van der Waals surface area (Å²) in [5.74, 6) is -0.305. The molecule has 0 bridgehead atoms. The van der Waals surface area contributed by atoms with Crippen molar-refractivity contribution in [2.75, 3.05) is 11.9 Å². The molecule has 1 aliphatic heterocycles. The van der Waals surface area contributed by atoms with Crippen molar-refractivity contribution in [1.82, 2.24) is 4.57 Å². The van der Waals surface area contributed by atoms with Gasteiger partial charge in [0, 0.05) is 19.8 Å². The van der Waals surface area contributed by atoms with Crippen LogP contribution in [0.15, 0.2) is 36.5 Å². The van der Waals surface area contributed by atoms with E-state index in [1.54, 1.807) is 29.9 Å². The highest BCUT2D eigenvalue weighted by atomic mass is 16.5.